The molecule has 3 aromatic carbocycles. The van der Waals surface area contributed by atoms with Crippen molar-refractivity contribution in [2.24, 2.45) is 0 Å². The van der Waals surface area contributed by atoms with Crippen molar-refractivity contribution in [3.8, 4) is 24.3 Å². The Hall–Kier alpha value is -5.18. The lowest BCUT2D eigenvalue weighted by Crippen LogP contribution is -2.03. The molecule has 0 N–H and O–H groups in total. The van der Waals surface area contributed by atoms with Gasteiger partial charge in [-0.25, -0.2) is 9.97 Å². The molecule has 0 spiro atoms. The number of nitrogens with zero attached hydrogens (tertiary/aromatic N) is 6. The van der Waals surface area contributed by atoms with E-state index in [1.165, 1.54) is 0 Å². The van der Waals surface area contributed by atoms with Gasteiger partial charge in [0.05, 0.1) is 0 Å². The maximum atomic E-state index is 9.12. The lowest BCUT2D eigenvalue weighted by Gasteiger charge is -2.04. The van der Waals surface area contributed by atoms with E-state index in [1.807, 2.05) is 24.3 Å². The van der Waals surface area contributed by atoms with Crippen LogP contribution in [0, 0.1) is 45.3 Å². The van der Waals surface area contributed by atoms with Crippen molar-refractivity contribution in [2.75, 3.05) is 0 Å². The minimum atomic E-state index is -0.210. The number of rotatable bonds is 0. The Morgan fingerprint density at radius 2 is 1.33 bits per heavy atom. The summed E-state index contributed by atoms with van der Waals surface area (Å²) in [5, 5.41) is 39.6. The molecule has 0 aliphatic rings. The molecule has 0 unspecified atom stereocenters. The van der Waals surface area contributed by atoms with E-state index in [9.17, 15) is 0 Å². The molecule has 2 aromatic heterocycles. The van der Waals surface area contributed by atoms with E-state index in [2.05, 4.69) is 9.97 Å². The van der Waals surface area contributed by atoms with Crippen LogP contribution in [0.3, 0.4) is 0 Å². The molecular weight excluding hydrogens is 380 g/mol. The van der Waals surface area contributed by atoms with Crippen molar-refractivity contribution in [3.05, 3.63) is 47.5 Å². The Labute approximate surface area is 167 Å². The molecule has 0 atom stereocenters. The van der Waals surface area contributed by atoms with Crippen LogP contribution in [0.2, 0.25) is 0 Å². The molecule has 0 saturated carbocycles. The first kappa shape index (κ1) is 17.0. The largest absolute Gasteiger partial charge is 0.435 e. The fraction of sp³-hybridized carbons (Fsp3) is 0. The number of nitriles is 4. The van der Waals surface area contributed by atoms with Crippen LogP contribution < -0.4 is 11.1 Å². The molecule has 0 aliphatic carbocycles. The summed E-state index contributed by atoms with van der Waals surface area (Å²) in [6.45, 7) is 0. The first-order valence-corrected chi connectivity index (χ1v) is 8.59. The molecule has 5 rings (SSSR count). The Bertz CT molecular complexity index is 1810. The fourth-order valence-corrected chi connectivity index (χ4v) is 3.46. The number of oxazole rings is 2. The summed E-state index contributed by atoms with van der Waals surface area (Å²) in [7, 11) is 0. The average Bonchev–Trinajstić information content (AvgIpc) is 3.39. The molecule has 8 heteroatoms. The number of hydrogen-bond donors (Lipinski definition) is 0. The summed E-state index contributed by atoms with van der Waals surface area (Å²) in [6.07, 6.45) is 0. The quantitative estimate of drug-likeness (QED) is 0.369. The summed E-state index contributed by atoms with van der Waals surface area (Å²) < 4.78 is 11.4. The summed E-state index contributed by atoms with van der Waals surface area (Å²) in [5.74, 6) is 0. The number of fused-ring (bicyclic) bond motifs is 7. The third-order valence-corrected chi connectivity index (χ3v) is 4.76. The Kier molecular flexibility index (Phi) is 3.49. The molecule has 2 heterocycles. The SMILES string of the molecule is N#CC(C#N)=c1nc2c(ccc3ccc4c(ccc5nc(=C(C#N)C#N)oc54)c32)o1. The highest BCUT2D eigenvalue weighted by Gasteiger charge is 2.15. The fourth-order valence-electron chi connectivity index (χ4n) is 3.46. The number of aromatic nitrogens is 2. The van der Waals surface area contributed by atoms with Crippen LogP contribution in [-0.4, -0.2) is 9.97 Å². The Morgan fingerprint density at radius 1 is 0.700 bits per heavy atom. The Morgan fingerprint density at radius 3 is 2.03 bits per heavy atom. The Balaban J connectivity index is 1.99. The zero-order valence-corrected chi connectivity index (χ0v) is 15.0. The first-order chi connectivity index (χ1) is 14.7. The molecule has 0 radical (unpaired) electrons. The van der Waals surface area contributed by atoms with Gasteiger partial charge in [-0.3, -0.25) is 0 Å². The minimum Gasteiger partial charge on any atom is -0.435 e. The van der Waals surface area contributed by atoms with Crippen molar-refractivity contribution in [3.63, 3.8) is 0 Å². The lowest BCUT2D eigenvalue weighted by molar-refractivity contribution is 0.559. The van der Waals surface area contributed by atoms with E-state index >= 15 is 0 Å². The minimum absolute atomic E-state index is 0.0354. The van der Waals surface area contributed by atoms with Gasteiger partial charge in [-0.2, -0.15) is 21.0 Å². The van der Waals surface area contributed by atoms with Crippen LogP contribution in [0.25, 0.3) is 54.9 Å². The molecular formula is C22H6N6O2. The number of hydrogen-bond acceptors (Lipinski definition) is 8. The highest BCUT2D eigenvalue weighted by atomic mass is 16.3. The topological polar surface area (TPSA) is 147 Å². The van der Waals surface area contributed by atoms with Crippen molar-refractivity contribution in [1.29, 1.82) is 21.0 Å². The zero-order valence-electron chi connectivity index (χ0n) is 15.0. The van der Waals surface area contributed by atoms with Crippen LogP contribution in [-0.2, 0) is 0 Å². The van der Waals surface area contributed by atoms with Crippen LogP contribution in [0.1, 0.15) is 0 Å². The van der Waals surface area contributed by atoms with Gasteiger partial charge in [0, 0.05) is 10.8 Å². The van der Waals surface area contributed by atoms with E-state index in [4.69, 9.17) is 29.9 Å². The number of benzene rings is 3. The first-order valence-electron chi connectivity index (χ1n) is 8.59. The highest BCUT2D eigenvalue weighted by Crippen LogP contribution is 2.33. The molecule has 30 heavy (non-hydrogen) atoms. The van der Waals surface area contributed by atoms with Gasteiger partial charge in [0.1, 0.15) is 35.3 Å². The standard InChI is InChI=1S/C22H6N6O2/c23-7-12(8-24)21-27-16-5-4-14-15(20(16)30-21)3-1-11-2-6-17-19(18(11)14)28-22(29-17)13(9-25)10-26/h1-6H. The van der Waals surface area contributed by atoms with Crippen molar-refractivity contribution >= 4 is 54.9 Å². The molecule has 0 aliphatic heterocycles. The van der Waals surface area contributed by atoms with Crippen LogP contribution in [0.15, 0.2) is 45.2 Å². The van der Waals surface area contributed by atoms with Gasteiger partial charge >= 0.3 is 0 Å². The second kappa shape index (κ2) is 6.17. The maximum Gasteiger partial charge on any atom is 0.249 e. The van der Waals surface area contributed by atoms with Gasteiger partial charge in [0.15, 0.2) is 22.3 Å². The molecule has 0 bridgehead atoms. The predicted molar refractivity (Wildman–Crippen MR) is 105 cm³/mol. The molecule has 0 fully saturated rings. The smallest absolute Gasteiger partial charge is 0.249 e. The third kappa shape index (κ3) is 2.23. The van der Waals surface area contributed by atoms with Gasteiger partial charge in [-0.1, -0.05) is 18.2 Å². The van der Waals surface area contributed by atoms with Crippen molar-refractivity contribution in [1.82, 2.24) is 9.97 Å². The molecule has 0 amide bonds. The van der Waals surface area contributed by atoms with Crippen LogP contribution >= 0.6 is 0 Å². The third-order valence-electron chi connectivity index (χ3n) is 4.76. The van der Waals surface area contributed by atoms with Gasteiger partial charge in [-0.05, 0) is 29.0 Å². The van der Waals surface area contributed by atoms with Crippen molar-refractivity contribution < 1.29 is 8.83 Å². The van der Waals surface area contributed by atoms with Crippen LogP contribution in [0.5, 0.6) is 0 Å². The van der Waals surface area contributed by atoms with Gasteiger partial charge in [-0.15, -0.1) is 0 Å². The van der Waals surface area contributed by atoms with E-state index in [-0.39, 0.29) is 22.2 Å². The zero-order chi connectivity index (χ0) is 20.8. The highest BCUT2D eigenvalue weighted by molar-refractivity contribution is 6.22. The van der Waals surface area contributed by atoms with Gasteiger partial charge < -0.3 is 8.83 Å². The normalized spacial score (nSPS) is 10.5. The van der Waals surface area contributed by atoms with Crippen LogP contribution in [0.4, 0.5) is 0 Å². The maximum absolute atomic E-state index is 9.12. The predicted octanol–water partition coefficient (Wildman–Crippen LogP) is 2.67. The second-order valence-corrected chi connectivity index (χ2v) is 6.32. The van der Waals surface area contributed by atoms with E-state index in [1.54, 1.807) is 36.4 Å². The molecule has 5 aromatic rings. The molecule has 0 saturated heterocycles. The second-order valence-electron chi connectivity index (χ2n) is 6.32. The lowest BCUT2D eigenvalue weighted by atomic mass is 10.0. The van der Waals surface area contributed by atoms with E-state index in [0.717, 1.165) is 21.5 Å². The average molecular weight is 386 g/mol. The summed E-state index contributed by atoms with van der Waals surface area (Å²) in [5.41, 5.74) is 1.41. The molecule has 8 nitrogen and oxygen atoms in total. The monoisotopic (exact) mass is 386 g/mol. The summed E-state index contributed by atoms with van der Waals surface area (Å²) in [6, 6.07) is 18.0. The van der Waals surface area contributed by atoms with Gasteiger partial charge in [0.2, 0.25) is 11.1 Å². The van der Waals surface area contributed by atoms with Gasteiger partial charge in [0.25, 0.3) is 0 Å². The summed E-state index contributed by atoms with van der Waals surface area (Å²) in [4.78, 5) is 8.63. The molecule has 136 valence electrons. The van der Waals surface area contributed by atoms with E-state index < -0.39 is 0 Å². The summed E-state index contributed by atoms with van der Waals surface area (Å²) >= 11 is 0. The van der Waals surface area contributed by atoms with Crippen molar-refractivity contribution in [2.45, 2.75) is 0 Å². The van der Waals surface area contributed by atoms with E-state index in [0.29, 0.717) is 22.2 Å².